The van der Waals surface area contributed by atoms with Crippen LogP contribution in [-0.4, -0.2) is 64.3 Å². The Morgan fingerprint density at radius 3 is 2.38 bits per heavy atom. The largest absolute Gasteiger partial charge is 0.369 e. The lowest BCUT2D eigenvalue weighted by atomic mass is 10.1. The maximum Gasteiger partial charge on any atom is 0.323 e. The molecule has 0 radical (unpaired) electrons. The van der Waals surface area contributed by atoms with E-state index in [2.05, 4.69) is 60.9 Å². The number of hydrogen-bond acceptors (Lipinski definition) is 5. The van der Waals surface area contributed by atoms with Crippen molar-refractivity contribution in [2.45, 2.75) is 0 Å². The highest BCUT2D eigenvalue weighted by Gasteiger charge is 2.16. The fraction of sp³-hybridized carbons (Fsp3) is 0.179. The number of nitrogens with one attached hydrogen (secondary N) is 4. The number of nitrogens with zero attached hydrogens (tertiary/aromatic N) is 4. The third-order valence-corrected chi connectivity index (χ3v) is 6.79. The fourth-order valence-corrected chi connectivity index (χ4v) is 4.57. The van der Waals surface area contributed by atoms with E-state index in [9.17, 15) is 13.6 Å². The Kier molecular flexibility index (Phi) is 6.41. The van der Waals surface area contributed by atoms with Crippen LogP contribution in [0.5, 0.6) is 0 Å². The summed E-state index contributed by atoms with van der Waals surface area (Å²) in [4.78, 5) is 25.1. The van der Waals surface area contributed by atoms with Crippen LogP contribution >= 0.6 is 0 Å². The smallest absolute Gasteiger partial charge is 0.323 e. The number of imidazole rings is 1. The van der Waals surface area contributed by atoms with E-state index in [0.29, 0.717) is 17.2 Å². The van der Waals surface area contributed by atoms with Gasteiger partial charge >= 0.3 is 6.03 Å². The van der Waals surface area contributed by atoms with E-state index < -0.39 is 17.7 Å². The van der Waals surface area contributed by atoms with Crippen molar-refractivity contribution in [2.24, 2.45) is 0 Å². The second-order valence-electron chi connectivity index (χ2n) is 9.53. The molecular formula is C28H26F2N8O. The number of anilines is 3. The van der Waals surface area contributed by atoms with E-state index in [1.807, 2.05) is 18.2 Å². The van der Waals surface area contributed by atoms with Crippen LogP contribution in [0, 0.1) is 11.6 Å². The van der Waals surface area contributed by atoms with Gasteiger partial charge in [0.25, 0.3) is 0 Å². The molecule has 198 valence electrons. The Balaban J connectivity index is 1.13. The lowest BCUT2D eigenvalue weighted by molar-refractivity contribution is 0.262. The molecule has 0 unspecified atom stereocenters. The number of piperazine rings is 1. The normalized spacial score (nSPS) is 14.1. The summed E-state index contributed by atoms with van der Waals surface area (Å²) >= 11 is 0. The number of carbonyl (C=O) groups excluding carboxylic acids is 1. The predicted octanol–water partition coefficient (Wildman–Crippen LogP) is 5.29. The van der Waals surface area contributed by atoms with Crippen molar-refractivity contribution in [3.8, 4) is 22.8 Å². The van der Waals surface area contributed by atoms with E-state index in [-0.39, 0.29) is 5.69 Å². The average molecular weight is 529 g/mol. The van der Waals surface area contributed by atoms with Gasteiger partial charge in [-0.15, -0.1) is 0 Å². The van der Waals surface area contributed by atoms with Crippen molar-refractivity contribution in [3.05, 3.63) is 78.4 Å². The molecular weight excluding hydrogens is 502 g/mol. The number of aromatic amines is 2. The van der Waals surface area contributed by atoms with Gasteiger partial charge in [-0.2, -0.15) is 5.10 Å². The molecule has 1 aliphatic heterocycles. The van der Waals surface area contributed by atoms with E-state index in [4.69, 9.17) is 4.98 Å². The van der Waals surface area contributed by atoms with E-state index >= 15 is 0 Å². The number of benzene rings is 3. The molecule has 4 N–H and O–H groups in total. The maximum atomic E-state index is 13.4. The molecule has 3 heterocycles. The standard InChI is InChI=1S/C28H26F2N8O/c1-37-10-12-38(13-11-37)20-7-9-23-25(15-20)34-27(33-23)26-16-24(35-36-26)17-2-4-18(5-3-17)31-28(39)32-19-6-8-21(29)22(30)14-19/h2-9,14-16H,10-13H2,1H3,(H,33,34)(H,35,36)(H2,31,32,39). The van der Waals surface area contributed by atoms with E-state index in [0.717, 1.165) is 60.6 Å². The topological polar surface area (TPSA) is 105 Å². The number of amides is 2. The number of hydrogen-bond donors (Lipinski definition) is 4. The molecule has 11 heteroatoms. The van der Waals surface area contributed by atoms with Gasteiger partial charge < -0.3 is 25.4 Å². The van der Waals surface area contributed by atoms with Crippen molar-refractivity contribution in [1.82, 2.24) is 25.1 Å². The first-order chi connectivity index (χ1) is 18.9. The summed E-state index contributed by atoms with van der Waals surface area (Å²) in [5.74, 6) is -1.33. The summed E-state index contributed by atoms with van der Waals surface area (Å²) in [6.07, 6.45) is 0. The van der Waals surface area contributed by atoms with Crippen LogP contribution < -0.4 is 15.5 Å². The monoisotopic (exact) mass is 528 g/mol. The average Bonchev–Trinajstić information content (AvgIpc) is 3.59. The van der Waals surface area contributed by atoms with Gasteiger partial charge in [-0.1, -0.05) is 12.1 Å². The SMILES string of the molecule is CN1CCN(c2ccc3[nH]c(-c4cc(-c5ccc(NC(=O)Nc6ccc(F)c(F)c6)cc5)[nH]n4)nc3c2)CC1. The van der Waals surface area contributed by atoms with Crippen LogP contribution in [0.3, 0.4) is 0 Å². The molecule has 9 nitrogen and oxygen atoms in total. The summed E-state index contributed by atoms with van der Waals surface area (Å²) < 4.78 is 26.4. The molecule has 0 aliphatic carbocycles. The number of likely N-dealkylation sites (N-methyl/N-ethyl adjacent to an activating group) is 1. The Morgan fingerprint density at radius 2 is 1.62 bits per heavy atom. The quantitative estimate of drug-likeness (QED) is 0.248. The number of urea groups is 1. The Hall–Kier alpha value is -4.77. The zero-order valence-corrected chi connectivity index (χ0v) is 21.1. The second-order valence-corrected chi connectivity index (χ2v) is 9.53. The summed E-state index contributed by atoms with van der Waals surface area (Å²) in [5, 5.41) is 12.6. The van der Waals surface area contributed by atoms with Gasteiger partial charge in [0.15, 0.2) is 17.5 Å². The third-order valence-electron chi connectivity index (χ3n) is 6.79. The summed E-state index contributed by atoms with van der Waals surface area (Å²) in [5.41, 5.74) is 6.04. The molecule has 5 aromatic rings. The highest BCUT2D eigenvalue weighted by atomic mass is 19.2. The molecule has 3 aromatic carbocycles. The minimum atomic E-state index is -1.03. The molecule has 1 fully saturated rings. The number of rotatable bonds is 5. The Morgan fingerprint density at radius 1 is 0.872 bits per heavy atom. The molecule has 6 rings (SSSR count). The number of aromatic nitrogens is 4. The van der Waals surface area contributed by atoms with Crippen LogP contribution in [0.2, 0.25) is 0 Å². The van der Waals surface area contributed by atoms with Crippen LogP contribution in [0.15, 0.2) is 66.7 Å². The zero-order valence-electron chi connectivity index (χ0n) is 21.1. The second kappa shape index (κ2) is 10.2. The highest BCUT2D eigenvalue weighted by molar-refractivity contribution is 5.99. The number of carbonyl (C=O) groups is 1. The van der Waals surface area contributed by atoms with Gasteiger partial charge in [-0.05, 0) is 61.1 Å². The van der Waals surface area contributed by atoms with Crippen LogP contribution in [-0.2, 0) is 0 Å². The van der Waals surface area contributed by atoms with Crippen LogP contribution in [0.1, 0.15) is 0 Å². The lowest BCUT2D eigenvalue weighted by Gasteiger charge is -2.34. The Bertz CT molecular complexity index is 1640. The first-order valence-electron chi connectivity index (χ1n) is 12.5. The molecule has 39 heavy (non-hydrogen) atoms. The highest BCUT2D eigenvalue weighted by Crippen LogP contribution is 2.27. The minimum Gasteiger partial charge on any atom is -0.369 e. The summed E-state index contributed by atoms with van der Waals surface area (Å²) in [7, 11) is 2.14. The summed E-state index contributed by atoms with van der Waals surface area (Å²) in [6, 6.07) is 17.9. The molecule has 1 saturated heterocycles. The van der Waals surface area contributed by atoms with Gasteiger partial charge in [-0.3, -0.25) is 5.10 Å². The summed E-state index contributed by atoms with van der Waals surface area (Å²) in [6.45, 7) is 4.08. The van der Waals surface area contributed by atoms with Gasteiger partial charge in [0.1, 0.15) is 5.69 Å². The van der Waals surface area contributed by atoms with Crippen molar-refractivity contribution in [2.75, 3.05) is 48.8 Å². The predicted molar refractivity (Wildman–Crippen MR) is 148 cm³/mol. The molecule has 0 saturated carbocycles. The van der Waals surface area contributed by atoms with Crippen molar-refractivity contribution >= 4 is 34.1 Å². The maximum absolute atomic E-state index is 13.4. The van der Waals surface area contributed by atoms with Crippen molar-refractivity contribution < 1.29 is 13.6 Å². The van der Waals surface area contributed by atoms with E-state index in [1.165, 1.54) is 11.8 Å². The van der Waals surface area contributed by atoms with Gasteiger partial charge in [0.2, 0.25) is 0 Å². The third kappa shape index (κ3) is 5.30. The zero-order chi connectivity index (χ0) is 26.9. The first kappa shape index (κ1) is 24.6. The number of H-pyrrole nitrogens is 2. The van der Waals surface area contributed by atoms with E-state index in [1.54, 1.807) is 12.1 Å². The first-order valence-corrected chi connectivity index (χ1v) is 12.5. The lowest BCUT2D eigenvalue weighted by Crippen LogP contribution is -2.44. The van der Waals surface area contributed by atoms with Gasteiger partial charge in [0, 0.05) is 49.3 Å². The fourth-order valence-electron chi connectivity index (χ4n) is 4.57. The van der Waals surface area contributed by atoms with Gasteiger partial charge in [-0.25, -0.2) is 18.6 Å². The van der Waals surface area contributed by atoms with Crippen molar-refractivity contribution in [3.63, 3.8) is 0 Å². The molecule has 1 aliphatic rings. The minimum absolute atomic E-state index is 0.147. The number of fused-ring (bicyclic) bond motifs is 1. The number of halogens is 2. The van der Waals surface area contributed by atoms with Gasteiger partial charge in [0.05, 0.1) is 16.7 Å². The Labute approximate surface area is 222 Å². The molecule has 2 aromatic heterocycles. The van der Waals surface area contributed by atoms with Crippen LogP contribution in [0.25, 0.3) is 33.8 Å². The molecule has 2 amide bonds. The van der Waals surface area contributed by atoms with Crippen LogP contribution in [0.4, 0.5) is 30.6 Å². The molecule has 0 spiro atoms. The molecule has 0 bridgehead atoms. The van der Waals surface area contributed by atoms with Crippen molar-refractivity contribution in [1.29, 1.82) is 0 Å². The molecule has 0 atom stereocenters.